The van der Waals surface area contributed by atoms with Crippen molar-refractivity contribution in [2.45, 2.75) is 19.9 Å². The van der Waals surface area contributed by atoms with Crippen LogP contribution in [0.2, 0.25) is 0 Å². The van der Waals surface area contributed by atoms with Gasteiger partial charge in [0.25, 0.3) is 5.91 Å². The number of carbonyl (C=O) groups is 3. The first-order valence-electron chi connectivity index (χ1n) is 12.2. The quantitative estimate of drug-likeness (QED) is 0.181. The van der Waals surface area contributed by atoms with Crippen LogP contribution in [-0.4, -0.2) is 58.2 Å². The Balaban J connectivity index is 1.67. The minimum absolute atomic E-state index is 0.147. The number of urea groups is 1. The van der Waals surface area contributed by atoms with Gasteiger partial charge < -0.3 is 34.3 Å². The molecule has 0 saturated heterocycles. The van der Waals surface area contributed by atoms with Gasteiger partial charge in [-0.1, -0.05) is 6.07 Å². The summed E-state index contributed by atoms with van der Waals surface area (Å²) in [5, 5.41) is 18.0. The molecule has 1 aliphatic rings. The Morgan fingerprint density at radius 2 is 1.90 bits per heavy atom. The summed E-state index contributed by atoms with van der Waals surface area (Å²) in [6, 6.07) is 8.76. The lowest BCUT2D eigenvalue weighted by molar-refractivity contribution is -0.139. The standard InChI is InChI=1S/C27H28BrN5O8/c1-5-39-26(35)23-15(2)31-27(36)32-24(23)17-6-7-19(20(12-17)37-3)41-14-22(34)33-30-13-16-10-18(28)25(40-9-8-29)21(11-16)38-4/h6-7,10-13,24H,5,9,14H2,1-4H3,(H,33,34)(H2,31,32,36)/b30-13-/t24-/m1/s1. The highest BCUT2D eigenvalue weighted by Crippen LogP contribution is 2.36. The maximum atomic E-state index is 12.6. The van der Waals surface area contributed by atoms with E-state index >= 15 is 0 Å². The van der Waals surface area contributed by atoms with Gasteiger partial charge >= 0.3 is 12.0 Å². The lowest BCUT2D eigenvalue weighted by Gasteiger charge is -2.28. The number of hydrazone groups is 1. The van der Waals surface area contributed by atoms with E-state index in [0.29, 0.717) is 32.8 Å². The number of esters is 1. The van der Waals surface area contributed by atoms with Crippen molar-refractivity contribution in [2.75, 3.05) is 34.0 Å². The molecule has 13 nitrogen and oxygen atoms in total. The highest BCUT2D eigenvalue weighted by Gasteiger charge is 2.32. The molecule has 3 amide bonds. The first-order valence-corrected chi connectivity index (χ1v) is 13.0. The van der Waals surface area contributed by atoms with E-state index in [2.05, 4.69) is 37.1 Å². The maximum Gasteiger partial charge on any atom is 0.338 e. The second-order valence-electron chi connectivity index (χ2n) is 8.26. The number of methoxy groups -OCH3 is 2. The molecule has 41 heavy (non-hydrogen) atoms. The largest absolute Gasteiger partial charge is 0.493 e. The highest BCUT2D eigenvalue weighted by molar-refractivity contribution is 9.10. The molecular weight excluding hydrogens is 602 g/mol. The fraction of sp³-hybridized carbons (Fsp3) is 0.296. The summed E-state index contributed by atoms with van der Waals surface area (Å²) in [5.74, 6) is 0.188. The number of ether oxygens (including phenoxy) is 5. The van der Waals surface area contributed by atoms with Crippen molar-refractivity contribution in [1.82, 2.24) is 16.1 Å². The molecule has 0 fully saturated rings. The van der Waals surface area contributed by atoms with E-state index in [-0.39, 0.29) is 36.9 Å². The van der Waals surface area contributed by atoms with E-state index in [0.717, 1.165) is 0 Å². The molecule has 0 spiro atoms. The molecule has 1 heterocycles. The molecule has 216 valence electrons. The molecule has 2 aromatic carbocycles. The van der Waals surface area contributed by atoms with Crippen LogP contribution in [-0.2, 0) is 14.3 Å². The zero-order valence-electron chi connectivity index (χ0n) is 22.7. The fourth-order valence-corrected chi connectivity index (χ4v) is 4.39. The molecule has 0 radical (unpaired) electrons. The number of rotatable bonds is 12. The summed E-state index contributed by atoms with van der Waals surface area (Å²) in [6.07, 6.45) is 1.40. The number of nitrogens with one attached hydrogen (secondary N) is 3. The van der Waals surface area contributed by atoms with Crippen molar-refractivity contribution in [3.05, 3.63) is 57.2 Å². The number of hydrogen-bond donors (Lipinski definition) is 3. The Hall–Kier alpha value is -4.77. The number of halogens is 1. The van der Waals surface area contributed by atoms with Gasteiger partial charge in [-0.2, -0.15) is 10.4 Å². The number of nitrogens with zero attached hydrogens (tertiary/aromatic N) is 2. The minimum atomic E-state index is -0.783. The van der Waals surface area contributed by atoms with E-state index in [4.69, 9.17) is 28.9 Å². The van der Waals surface area contributed by atoms with Gasteiger partial charge in [-0.15, -0.1) is 0 Å². The summed E-state index contributed by atoms with van der Waals surface area (Å²) in [7, 11) is 2.88. The zero-order valence-corrected chi connectivity index (χ0v) is 24.3. The molecule has 0 saturated carbocycles. The van der Waals surface area contributed by atoms with E-state index in [1.807, 2.05) is 6.07 Å². The van der Waals surface area contributed by atoms with E-state index < -0.39 is 23.9 Å². The Kier molecular flexibility index (Phi) is 10.9. The van der Waals surface area contributed by atoms with Gasteiger partial charge in [0, 0.05) is 5.70 Å². The van der Waals surface area contributed by atoms with Crippen LogP contribution in [0.1, 0.15) is 31.0 Å². The first kappa shape index (κ1) is 30.8. The third-order valence-electron chi connectivity index (χ3n) is 5.58. The average Bonchev–Trinajstić information content (AvgIpc) is 2.94. The van der Waals surface area contributed by atoms with Crippen LogP contribution < -0.4 is 35.0 Å². The second-order valence-corrected chi connectivity index (χ2v) is 9.12. The topological polar surface area (TPSA) is 170 Å². The summed E-state index contributed by atoms with van der Waals surface area (Å²) < 4.78 is 27.4. The number of carbonyl (C=O) groups excluding carboxylic acids is 3. The molecule has 3 N–H and O–H groups in total. The predicted molar refractivity (Wildman–Crippen MR) is 150 cm³/mol. The number of amides is 3. The van der Waals surface area contributed by atoms with Crippen molar-refractivity contribution in [1.29, 1.82) is 5.26 Å². The predicted octanol–water partition coefficient (Wildman–Crippen LogP) is 3.09. The molecule has 0 bridgehead atoms. The highest BCUT2D eigenvalue weighted by atomic mass is 79.9. The number of benzene rings is 2. The maximum absolute atomic E-state index is 12.6. The molecule has 0 unspecified atom stereocenters. The first-order chi connectivity index (χ1) is 19.7. The van der Waals surface area contributed by atoms with Gasteiger partial charge in [0.1, 0.15) is 6.07 Å². The molecule has 1 aliphatic heterocycles. The van der Waals surface area contributed by atoms with Gasteiger partial charge in [0.05, 0.1) is 43.1 Å². The van der Waals surface area contributed by atoms with E-state index in [1.165, 1.54) is 20.4 Å². The summed E-state index contributed by atoms with van der Waals surface area (Å²) >= 11 is 3.36. The van der Waals surface area contributed by atoms with Crippen molar-refractivity contribution in [2.24, 2.45) is 5.10 Å². The van der Waals surface area contributed by atoms with Crippen LogP contribution in [0.4, 0.5) is 4.79 Å². The summed E-state index contributed by atoms with van der Waals surface area (Å²) in [6.45, 7) is 2.96. The van der Waals surface area contributed by atoms with Crippen molar-refractivity contribution in [3.8, 4) is 29.1 Å². The van der Waals surface area contributed by atoms with Crippen LogP contribution in [0.5, 0.6) is 23.0 Å². The number of hydrogen-bond acceptors (Lipinski definition) is 10. The van der Waals surface area contributed by atoms with Gasteiger partial charge in [0.2, 0.25) is 0 Å². The van der Waals surface area contributed by atoms with Gasteiger partial charge in [-0.3, -0.25) is 4.79 Å². The van der Waals surface area contributed by atoms with Crippen molar-refractivity contribution < 1.29 is 38.1 Å². The Morgan fingerprint density at radius 3 is 2.59 bits per heavy atom. The normalized spacial score (nSPS) is 14.4. The lowest BCUT2D eigenvalue weighted by Crippen LogP contribution is -2.45. The monoisotopic (exact) mass is 629 g/mol. The second kappa shape index (κ2) is 14.6. The zero-order chi connectivity index (χ0) is 29.9. The molecule has 3 rings (SSSR count). The fourth-order valence-electron chi connectivity index (χ4n) is 3.82. The number of nitriles is 1. The Labute approximate surface area is 244 Å². The molecular formula is C27H28BrN5O8. The third-order valence-corrected chi connectivity index (χ3v) is 6.17. The van der Waals surface area contributed by atoms with Crippen LogP contribution in [0.25, 0.3) is 0 Å². The molecule has 14 heteroatoms. The SMILES string of the molecule is CCOC(=O)C1=C(C)NC(=O)N[C@@H]1c1ccc(OCC(=O)N/N=C\c2cc(Br)c(OCC#N)c(OC)c2)c(OC)c1. The third kappa shape index (κ3) is 7.89. The van der Waals surface area contributed by atoms with Crippen LogP contribution in [0, 0.1) is 11.3 Å². The summed E-state index contributed by atoms with van der Waals surface area (Å²) in [5.41, 5.74) is 4.14. The number of allylic oxidation sites excluding steroid dienone is 1. The van der Waals surface area contributed by atoms with Gasteiger partial charge in [-0.25, -0.2) is 15.0 Å². The Morgan fingerprint density at radius 1 is 1.15 bits per heavy atom. The van der Waals surface area contributed by atoms with E-state index in [9.17, 15) is 14.4 Å². The molecule has 2 aromatic rings. The van der Waals surface area contributed by atoms with Crippen molar-refractivity contribution in [3.63, 3.8) is 0 Å². The minimum Gasteiger partial charge on any atom is -0.493 e. The average molecular weight is 630 g/mol. The molecule has 0 aliphatic carbocycles. The lowest BCUT2D eigenvalue weighted by atomic mass is 9.95. The summed E-state index contributed by atoms with van der Waals surface area (Å²) in [4.78, 5) is 37.0. The Bertz CT molecular complexity index is 1420. The molecule has 0 aromatic heterocycles. The van der Waals surface area contributed by atoms with Crippen LogP contribution >= 0.6 is 15.9 Å². The van der Waals surface area contributed by atoms with Gasteiger partial charge in [0.15, 0.2) is 36.2 Å². The molecule has 1 atom stereocenters. The van der Waals surface area contributed by atoms with E-state index in [1.54, 1.807) is 44.2 Å². The van der Waals surface area contributed by atoms with Crippen LogP contribution in [0.3, 0.4) is 0 Å². The van der Waals surface area contributed by atoms with Crippen LogP contribution in [0.15, 0.2) is 51.2 Å². The van der Waals surface area contributed by atoms with Gasteiger partial charge in [-0.05, 0) is 65.2 Å². The smallest absolute Gasteiger partial charge is 0.338 e. The van der Waals surface area contributed by atoms with Crippen molar-refractivity contribution >= 4 is 40.1 Å².